The molecule has 0 amide bonds. The largest absolute Gasteiger partial charge is 0.388 e. The number of aliphatic hydroxyl groups is 1. The van der Waals surface area contributed by atoms with Gasteiger partial charge in [0.05, 0.1) is 5.60 Å². The summed E-state index contributed by atoms with van der Waals surface area (Å²) in [6.45, 7) is 1.63. The highest BCUT2D eigenvalue weighted by molar-refractivity contribution is 7.99. The van der Waals surface area contributed by atoms with Gasteiger partial charge in [0, 0.05) is 17.2 Å². The van der Waals surface area contributed by atoms with Gasteiger partial charge in [0.25, 0.3) is 0 Å². The van der Waals surface area contributed by atoms with E-state index in [1.165, 1.54) is 0 Å². The van der Waals surface area contributed by atoms with Crippen molar-refractivity contribution in [1.29, 1.82) is 0 Å². The average Bonchev–Trinajstić information content (AvgIpc) is 2.20. The maximum atomic E-state index is 13.1. The lowest BCUT2D eigenvalue weighted by molar-refractivity contribution is 0.0949. The fourth-order valence-corrected chi connectivity index (χ4v) is 1.87. The molecular formula is C10H13F2NOS. The molecule has 0 aliphatic rings. The predicted octanol–water partition coefficient (Wildman–Crippen LogP) is 1.77. The molecule has 3 N–H and O–H groups in total. The second-order valence-corrected chi connectivity index (χ2v) is 4.58. The monoisotopic (exact) mass is 233 g/mol. The molecular weight excluding hydrogens is 220 g/mol. The molecule has 0 aliphatic heterocycles. The molecule has 0 bridgehead atoms. The molecule has 0 radical (unpaired) electrons. The van der Waals surface area contributed by atoms with Gasteiger partial charge in [-0.1, -0.05) is 0 Å². The Kier molecular flexibility index (Phi) is 4.07. The lowest BCUT2D eigenvalue weighted by Gasteiger charge is -2.20. The SMILES string of the molecule is CC(O)(CN)CSc1cc(F)ccc1F. The number of hydrogen-bond donors (Lipinski definition) is 2. The third kappa shape index (κ3) is 3.77. The summed E-state index contributed by atoms with van der Waals surface area (Å²) in [7, 11) is 0. The fraction of sp³-hybridized carbons (Fsp3) is 0.400. The number of thioether (sulfide) groups is 1. The van der Waals surface area contributed by atoms with E-state index in [0.29, 0.717) is 0 Å². The van der Waals surface area contributed by atoms with Crippen LogP contribution in [0.4, 0.5) is 8.78 Å². The highest BCUT2D eigenvalue weighted by Gasteiger charge is 2.19. The van der Waals surface area contributed by atoms with Gasteiger partial charge in [-0.15, -0.1) is 11.8 Å². The van der Waals surface area contributed by atoms with Gasteiger partial charge in [-0.25, -0.2) is 8.78 Å². The van der Waals surface area contributed by atoms with Crippen LogP contribution < -0.4 is 5.73 Å². The first kappa shape index (κ1) is 12.4. The minimum atomic E-state index is -1.07. The highest BCUT2D eigenvalue weighted by Crippen LogP contribution is 2.25. The summed E-state index contributed by atoms with van der Waals surface area (Å²) in [4.78, 5) is 0.184. The number of benzene rings is 1. The van der Waals surface area contributed by atoms with E-state index in [4.69, 9.17) is 5.73 Å². The lowest BCUT2D eigenvalue weighted by atomic mass is 10.1. The normalized spacial score (nSPS) is 15.0. The van der Waals surface area contributed by atoms with Gasteiger partial charge in [-0.05, 0) is 25.1 Å². The second kappa shape index (κ2) is 4.92. The summed E-state index contributed by atoms with van der Waals surface area (Å²) in [5.74, 6) is -0.760. The van der Waals surface area contributed by atoms with E-state index in [0.717, 1.165) is 30.0 Å². The van der Waals surface area contributed by atoms with Crippen molar-refractivity contribution in [2.24, 2.45) is 5.73 Å². The van der Waals surface area contributed by atoms with E-state index in [2.05, 4.69) is 0 Å². The third-order valence-corrected chi connectivity index (χ3v) is 3.26. The van der Waals surface area contributed by atoms with Crippen LogP contribution in [0.1, 0.15) is 6.92 Å². The Morgan fingerprint density at radius 1 is 1.47 bits per heavy atom. The lowest BCUT2D eigenvalue weighted by Crippen LogP contribution is -2.36. The van der Waals surface area contributed by atoms with Gasteiger partial charge < -0.3 is 10.8 Å². The summed E-state index contributed by atoms with van der Waals surface area (Å²) >= 11 is 1.05. The number of halogens is 2. The summed E-state index contributed by atoms with van der Waals surface area (Å²) in [6, 6.07) is 3.22. The van der Waals surface area contributed by atoms with Crippen molar-refractivity contribution in [2.75, 3.05) is 12.3 Å². The van der Waals surface area contributed by atoms with Crippen LogP contribution >= 0.6 is 11.8 Å². The van der Waals surface area contributed by atoms with E-state index >= 15 is 0 Å². The number of nitrogens with two attached hydrogens (primary N) is 1. The van der Waals surface area contributed by atoms with Gasteiger partial charge in [0.15, 0.2) is 0 Å². The molecule has 1 atom stereocenters. The first-order valence-electron chi connectivity index (χ1n) is 4.45. The molecule has 0 fully saturated rings. The van der Waals surface area contributed by atoms with Crippen LogP contribution in [0.3, 0.4) is 0 Å². The topological polar surface area (TPSA) is 46.2 Å². The van der Waals surface area contributed by atoms with E-state index in [1.54, 1.807) is 6.92 Å². The summed E-state index contributed by atoms with van der Waals surface area (Å²) < 4.78 is 25.9. The molecule has 1 unspecified atom stereocenters. The Balaban J connectivity index is 2.69. The Labute approximate surface area is 91.5 Å². The predicted molar refractivity (Wildman–Crippen MR) is 56.8 cm³/mol. The molecule has 1 aromatic rings. The molecule has 1 aromatic carbocycles. The van der Waals surface area contributed by atoms with Crippen molar-refractivity contribution < 1.29 is 13.9 Å². The van der Waals surface area contributed by atoms with Crippen molar-refractivity contribution in [3.05, 3.63) is 29.8 Å². The Hall–Kier alpha value is -0.650. The smallest absolute Gasteiger partial charge is 0.136 e. The van der Waals surface area contributed by atoms with E-state index < -0.39 is 17.2 Å². The second-order valence-electron chi connectivity index (χ2n) is 3.56. The number of rotatable bonds is 4. The fourth-order valence-electron chi connectivity index (χ4n) is 0.880. The van der Waals surface area contributed by atoms with Gasteiger partial charge in [0.2, 0.25) is 0 Å². The average molecular weight is 233 g/mol. The van der Waals surface area contributed by atoms with E-state index in [9.17, 15) is 13.9 Å². The Morgan fingerprint density at radius 3 is 2.73 bits per heavy atom. The van der Waals surface area contributed by atoms with Gasteiger partial charge in [0.1, 0.15) is 11.6 Å². The highest BCUT2D eigenvalue weighted by atomic mass is 32.2. The zero-order chi connectivity index (χ0) is 11.5. The van der Waals surface area contributed by atoms with Crippen molar-refractivity contribution >= 4 is 11.8 Å². The van der Waals surface area contributed by atoms with Gasteiger partial charge >= 0.3 is 0 Å². The summed E-state index contributed by atoms with van der Waals surface area (Å²) in [5.41, 5.74) is 4.24. The molecule has 0 saturated carbocycles. The molecule has 84 valence electrons. The van der Waals surface area contributed by atoms with Gasteiger partial charge in [-0.3, -0.25) is 0 Å². The van der Waals surface area contributed by atoms with Crippen molar-refractivity contribution in [3.8, 4) is 0 Å². The minimum absolute atomic E-state index is 0.0803. The molecule has 0 spiro atoms. The summed E-state index contributed by atoms with van der Waals surface area (Å²) in [5, 5.41) is 9.58. The number of hydrogen-bond acceptors (Lipinski definition) is 3. The first-order chi connectivity index (χ1) is 6.94. The summed E-state index contributed by atoms with van der Waals surface area (Å²) in [6.07, 6.45) is 0. The molecule has 0 heterocycles. The standard InChI is InChI=1S/C10H13F2NOS/c1-10(14,5-13)6-15-9-4-7(11)2-3-8(9)12/h2-4,14H,5-6,13H2,1H3. The van der Waals surface area contributed by atoms with Crippen LogP contribution in [-0.4, -0.2) is 23.0 Å². The maximum Gasteiger partial charge on any atom is 0.136 e. The van der Waals surface area contributed by atoms with Crippen LogP contribution in [0, 0.1) is 11.6 Å². The molecule has 2 nitrogen and oxygen atoms in total. The molecule has 0 aliphatic carbocycles. The van der Waals surface area contributed by atoms with E-state index in [-0.39, 0.29) is 17.2 Å². The van der Waals surface area contributed by atoms with Crippen molar-refractivity contribution in [3.63, 3.8) is 0 Å². The molecule has 5 heteroatoms. The maximum absolute atomic E-state index is 13.1. The van der Waals surface area contributed by atoms with Crippen LogP contribution in [0.25, 0.3) is 0 Å². The van der Waals surface area contributed by atoms with Gasteiger partial charge in [-0.2, -0.15) is 0 Å². The van der Waals surface area contributed by atoms with Crippen LogP contribution in [-0.2, 0) is 0 Å². The van der Waals surface area contributed by atoms with Crippen LogP contribution in [0.5, 0.6) is 0 Å². The zero-order valence-electron chi connectivity index (χ0n) is 8.34. The molecule has 0 aromatic heterocycles. The Morgan fingerprint density at radius 2 is 2.13 bits per heavy atom. The first-order valence-corrected chi connectivity index (χ1v) is 5.43. The van der Waals surface area contributed by atoms with Crippen molar-refractivity contribution in [2.45, 2.75) is 17.4 Å². The quantitative estimate of drug-likeness (QED) is 0.779. The minimum Gasteiger partial charge on any atom is -0.388 e. The van der Waals surface area contributed by atoms with Crippen molar-refractivity contribution in [1.82, 2.24) is 0 Å². The zero-order valence-corrected chi connectivity index (χ0v) is 9.15. The van der Waals surface area contributed by atoms with E-state index in [1.807, 2.05) is 0 Å². The molecule has 0 saturated heterocycles. The Bertz CT molecular complexity index is 344. The molecule has 15 heavy (non-hydrogen) atoms. The third-order valence-electron chi connectivity index (χ3n) is 1.87. The van der Waals surface area contributed by atoms with Crippen LogP contribution in [0.15, 0.2) is 23.1 Å². The molecule has 1 rings (SSSR count). The van der Waals surface area contributed by atoms with Crippen LogP contribution in [0.2, 0.25) is 0 Å².